The van der Waals surface area contributed by atoms with E-state index in [9.17, 15) is 13.2 Å². The first-order valence-corrected chi connectivity index (χ1v) is 9.13. The Morgan fingerprint density at radius 1 is 1.12 bits per heavy atom. The van der Waals surface area contributed by atoms with Crippen LogP contribution in [0.3, 0.4) is 0 Å². The fourth-order valence-corrected chi connectivity index (χ4v) is 3.73. The van der Waals surface area contributed by atoms with E-state index in [2.05, 4.69) is 14.7 Å². The van der Waals surface area contributed by atoms with Crippen LogP contribution in [0.15, 0.2) is 35.4 Å². The van der Waals surface area contributed by atoms with E-state index in [1.54, 1.807) is 12.1 Å². The zero-order chi connectivity index (χ0) is 17.5. The molecule has 1 aromatic heterocycles. The van der Waals surface area contributed by atoms with E-state index in [-0.39, 0.29) is 22.0 Å². The minimum Gasteiger partial charge on any atom is -0.294 e. The van der Waals surface area contributed by atoms with E-state index in [1.807, 2.05) is 20.8 Å². The lowest BCUT2D eigenvalue weighted by Gasteiger charge is -2.29. The normalized spacial score (nSPS) is 16.5. The topological polar surface area (TPSA) is 89.0 Å². The summed E-state index contributed by atoms with van der Waals surface area (Å²) in [5.41, 5.74) is 1.85. The van der Waals surface area contributed by atoms with Gasteiger partial charge in [-0.3, -0.25) is 4.79 Å². The summed E-state index contributed by atoms with van der Waals surface area (Å²) < 4.78 is 27.2. The Bertz CT molecular complexity index is 903. The number of aromatic nitrogens is 2. The van der Waals surface area contributed by atoms with Crippen LogP contribution in [0.5, 0.6) is 0 Å². The van der Waals surface area contributed by atoms with Gasteiger partial charge in [-0.1, -0.05) is 31.5 Å². The number of carbonyl (C=O) groups excluding carboxylic acids is 1. The van der Waals surface area contributed by atoms with Gasteiger partial charge in [0.05, 0.1) is 16.2 Å². The number of Topliss-reactive ketones (excluding diaryl/α,β-unsaturated/α-hetero) is 1. The number of rotatable bonds is 3. The van der Waals surface area contributed by atoms with Gasteiger partial charge in [0.25, 0.3) is 10.0 Å². The average Bonchev–Trinajstić information content (AvgIpc) is 2.45. The Kier molecular flexibility index (Phi) is 3.91. The maximum atomic E-state index is 12.4. The third-order valence-electron chi connectivity index (χ3n) is 4.01. The maximum absolute atomic E-state index is 12.4. The lowest BCUT2D eigenvalue weighted by molar-refractivity contribution is 0.0910. The molecule has 3 rings (SSSR count). The molecule has 0 unspecified atom stereocenters. The number of carbonyl (C=O) groups is 1. The molecule has 0 saturated carbocycles. The second kappa shape index (κ2) is 5.66. The van der Waals surface area contributed by atoms with Crippen molar-refractivity contribution in [2.24, 2.45) is 5.41 Å². The van der Waals surface area contributed by atoms with E-state index < -0.39 is 10.0 Å². The zero-order valence-corrected chi connectivity index (χ0v) is 14.6. The van der Waals surface area contributed by atoms with Crippen LogP contribution in [0.1, 0.15) is 41.9 Å². The molecule has 0 radical (unpaired) electrons. The Labute approximate surface area is 141 Å². The van der Waals surface area contributed by atoms with Crippen LogP contribution in [0.25, 0.3) is 0 Å². The summed E-state index contributed by atoms with van der Waals surface area (Å²) in [6.07, 6.45) is 2.46. The number of nitrogens with zero attached hydrogens (tertiary/aromatic N) is 2. The fraction of sp³-hybridized carbons (Fsp3) is 0.353. The maximum Gasteiger partial charge on any atom is 0.264 e. The number of nitrogens with one attached hydrogen (secondary N) is 1. The Balaban J connectivity index is 1.91. The van der Waals surface area contributed by atoms with Gasteiger partial charge < -0.3 is 0 Å². The molecule has 0 saturated heterocycles. The number of aryl methyl sites for hydroxylation is 1. The second-order valence-electron chi connectivity index (χ2n) is 6.91. The van der Waals surface area contributed by atoms with E-state index in [0.717, 1.165) is 5.56 Å². The molecule has 1 N–H and O–H groups in total. The minimum atomic E-state index is -3.76. The predicted octanol–water partition coefficient (Wildman–Crippen LogP) is 2.74. The van der Waals surface area contributed by atoms with Crippen molar-refractivity contribution in [1.82, 2.24) is 9.97 Å². The second-order valence-corrected chi connectivity index (χ2v) is 8.60. The molecule has 0 amide bonds. The van der Waals surface area contributed by atoms with Crippen LogP contribution in [0, 0.1) is 12.3 Å². The highest BCUT2D eigenvalue weighted by Gasteiger charge is 2.32. The summed E-state index contributed by atoms with van der Waals surface area (Å²) in [7, 11) is -3.76. The molecule has 0 spiro atoms. The zero-order valence-electron chi connectivity index (χ0n) is 13.8. The third-order valence-corrected chi connectivity index (χ3v) is 5.35. The summed E-state index contributed by atoms with van der Waals surface area (Å²) in [6.45, 7) is 5.87. The number of anilines is 1. The van der Waals surface area contributed by atoms with Crippen molar-refractivity contribution in [1.29, 1.82) is 0 Å². The van der Waals surface area contributed by atoms with Gasteiger partial charge in [0.1, 0.15) is 0 Å². The molecular formula is C17H19N3O3S. The molecule has 126 valence electrons. The van der Waals surface area contributed by atoms with Crippen molar-refractivity contribution in [3.8, 4) is 0 Å². The van der Waals surface area contributed by atoms with Crippen molar-refractivity contribution >= 4 is 21.8 Å². The number of benzene rings is 1. The molecule has 1 aliphatic rings. The largest absolute Gasteiger partial charge is 0.294 e. The van der Waals surface area contributed by atoms with Crippen LogP contribution in [-0.4, -0.2) is 24.2 Å². The Morgan fingerprint density at radius 3 is 2.46 bits per heavy atom. The minimum absolute atomic E-state index is 0.00538. The van der Waals surface area contributed by atoms with Gasteiger partial charge in [-0.05, 0) is 30.9 Å². The molecule has 0 bridgehead atoms. The number of hydrogen-bond donors (Lipinski definition) is 1. The van der Waals surface area contributed by atoms with E-state index in [0.29, 0.717) is 24.1 Å². The third kappa shape index (κ3) is 3.31. The monoisotopic (exact) mass is 345 g/mol. The number of fused-ring (bicyclic) bond motifs is 1. The summed E-state index contributed by atoms with van der Waals surface area (Å²) in [5.74, 6) is -0.0194. The lowest BCUT2D eigenvalue weighted by Crippen LogP contribution is -2.28. The van der Waals surface area contributed by atoms with Crippen molar-refractivity contribution < 1.29 is 13.2 Å². The first kappa shape index (κ1) is 16.6. The number of hydrogen-bond acceptors (Lipinski definition) is 5. The van der Waals surface area contributed by atoms with Crippen LogP contribution in [0.4, 0.5) is 5.95 Å². The van der Waals surface area contributed by atoms with Gasteiger partial charge in [-0.15, -0.1) is 0 Å². The van der Waals surface area contributed by atoms with E-state index in [1.165, 1.54) is 18.3 Å². The van der Waals surface area contributed by atoms with Crippen molar-refractivity contribution in [3.05, 3.63) is 47.3 Å². The number of ketones is 1. The highest BCUT2D eigenvalue weighted by molar-refractivity contribution is 7.92. The molecule has 0 atom stereocenters. The molecule has 7 heteroatoms. The van der Waals surface area contributed by atoms with Crippen LogP contribution in [0.2, 0.25) is 0 Å². The van der Waals surface area contributed by atoms with Crippen LogP contribution < -0.4 is 4.72 Å². The molecule has 1 aliphatic carbocycles. The van der Waals surface area contributed by atoms with Gasteiger partial charge in [-0.2, -0.15) is 0 Å². The molecule has 1 heterocycles. The van der Waals surface area contributed by atoms with Crippen LogP contribution >= 0.6 is 0 Å². The molecule has 2 aromatic rings. The fourth-order valence-electron chi connectivity index (χ4n) is 2.78. The van der Waals surface area contributed by atoms with Gasteiger partial charge in [0.15, 0.2) is 5.78 Å². The first-order valence-electron chi connectivity index (χ1n) is 7.65. The molecule has 0 fully saturated rings. The summed E-state index contributed by atoms with van der Waals surface area (Å²) >= 11 is 0. The molecule has 24 heavy (non-hydrogen) atoms. The Morgan fingerprint density at radius 2 is 1.79 bits per heavy atom. The van der Waals surface area contributed by atoms with E-state index >= 15 is 0 Å². The highest BCUT2D eigenvalue weighted by Crippen LogP contribution is 2.33. The van der Waals surface area contributed by atoms with Gasteiger partial charge in [0.2, 0.25) is 5.95 Å². The smallest absolute Gasteiger partial charge is 0.264 e. The summed E-state index contributed by atoms with van der Waals surface area (Å²) in [5, 5.41) is 0. The molecule has 0 aliphatic heterocycles. The quantitative estimate of drug-likeness (QED) is 0.924. The number of sulfonamides is 1. The molecule has 1 aromatic carbocycles. The van der Waals surface area contributed by atoms with Crippen molar-refractivity contribution in [2.75, 3.05) is 4.72 Å². The highest BCUT2D eigenvalue weighted by atomic mass is 32.2. The Hall–Kier alpha value is -2.28. The summed E-state index contributed by atoms with van der Waals surface area (Å²) in [6, 6.07) is 6.51. The van der Waals surface area contributed by atoms with Crippen molar-refractivity contribution in [3.63, 3.8) is 0 Å². The average molecular weight is 345 g/mol. The lowest BCUT2D eigenvalue weighted by atomic mass is 9.76. The standard InChI is InChI=1S/C17H19N3O3S/c1-11-4-6-12(7-5-11)24(22,23)20-16-18-10-13-14(19-16)8-17(2,3)9-15(13)21/h4-7,10H,8-9H2,1-3H3,(H,18,19,20). The SMILES string of the molecule is Cc1ccc(S(=O)(=O)Nc2ncc3c(n2)CC(C)(C)CC3=O)cc1. The predicted molar refractivity (Wildman–Crippen MR) is 90.5 cm³/mol. The molecule has 6 nitrogen and oxygen atoms in total. The molecular weight excluding hydrogens is 326 g/mol. The first-order chi connectivity index (χ1) is 11.2. The van der Waals surface area contributed by atoms with E-state index in [4.69, 9.17) is 0 Å². The van der Waals surface area contributed by atoms with Crippen molar-refractivity contribution in [2.45, 2.75) is 38.5 Å². The van der Waals surface area contributed by atoms with Gasteiger partial charge >= 0.3 is 0 Å². The summed E-state index contributed by atoms with van der Waals surface area (Å²) in [4.78, 5) is 20.5. The van der Waals surface area contributed by atoms with Gasteiger partial charge in [0, 0.05) is 12.6 Å². The van der Waals surface area contributed by atoms with Crippen LogP contribution in [-0.2, 0) is 16.4 Å². The van der Waals surface area contributed by atoms with Gasteiger partial charge in [-0.25, -0.2) is 23.1 Å².